The third kappa shape index (κ3) is 3.80. The molecule has 1 aromatic rings. The lowest BCUT2D eigenvalue weighted by Crippen LogP contribution is -2.51. The molecular weight excluding hydrogens is 252 g/mol. The Balaban J connectivity index is 1.93. The molecule has 1 aliphatic carbocycles. The van der Waals surface area contributed by atoms with Crippen molar-refractivity contribution in [1.82, 2.24) is 10.2 Å². The molecule has 1 saturated carbocycles. The van der Waals surface area contributed by atoms with Crippen molar-refractivity contribution < 1.29 is 0 Å². The van der Waals surface area contributed by atoms with Crippen LogP contribution in [-0.4, -0.2) is 31.6 Å². The van der Waals surface area contributed by atoms with Gasteiger partial charge in [-0.1, -0.05) is 26.3 Å². The second kappa shape index (κ2) is 6.38. The smallest absolute Gasteiger partial charge is 0.0324 e. The zero-order chi connectivity index (χ0) is 13.9. The molecule has 1 aliphatic rings. The van der Waals surface area contributed by atoms with E-state index >= 15 is 0 Å². The number of hydrogen-bond donors (Lipinski definition) is 1. The summed E-state index contributed by atoms with van der Waals surface area (Å²) in [5, 5.41) is 5.75. The van der Waals surface area contributed by atoms with Crippen LogP contribution < -0.4 is 5.32 Å². The second-order valence-corrected chi connectivity index (χ2v) is 7.72. The number of nitrogens with zero attached hydrogens (tertiary/aromatic N) is 1. The number of thiophene rings is 1. The summed E-state index contributed by atoms with van der Waals surface area (Å²) in [6.45, 7) is 7.12. The van der Waals surface area contributed by atoms with Crippen LogP contribution in [0.5, 0.6) is 0 Å². The molecule has 0 aromatic carbocycles. The summed E-state index contributed by atoms with van der Waals surface area (Å²) in [4.78, 5) is 3.96. The second-order valence-electron chi connectivity index (χ2n) is 6.68. The molecule has 0 amide bonds. The summed E-state index contributed by atoms with van der Waals surface area (Å²) in [5.41, 5.74) is 0.432. The summed E-state index contributed by atoms with van der Waals surface area (Å²) in [7, 11) is 4.39. The lowest BCUT2D eigenvalue weighted by atomic mass is 9.68. The summed E-state index contributed by atoms with van der Waals surface area (Å²) < 4.78 is 0. The van der Waals surface area contributed by atoms with Crippen LogP contribution in [0.2, 0.25) is 0 Å². The molecule has 19 heavy (non-hydrogen) atoms. The van der Waals surface area contributed by atoms with Gasteiger partial charge in [-0.25, -0.2) is 0 Å². The minimum atomic E-state index is 0.432. The molecule has 2 atom stereocenters. The zero-order valence-electron chi connectivity index (χ0n) is 12.8. The van der Waals surface area contributed by atoms with E-state index in [4.69, 9.17) is 0 Å². The fourth-order valence-electron chi connectivity index (χ4n) is 3.74. The van der Waals surface area contributed by atoms with Gasteiger partial charge in [0.15, 0.2) is 0 Å². The predicted octanol–water partition coefficient (Wildman–Crippen LogP) is 3.59. The van der Waals surface area contributed by atoms with E-state index in [9.17, 15) is 0 Å². The molecule has 2 unspecified atom stereocenters. The molecule has 0 radical (unpaired) electrons. The minimum absolute atomic E-state index is 0.432. The van der Waals surface area contributed by atoms with Crippen molar-refractivity contribution >= 4 is 11.3 Å². The SMILES string of the molecule is CNC1C(CN(C)Cc2cccs2)CCCC1(C)C. The summed E-state index contributed by atoms with van der Waals surface area (Å²) >= 11 is 1.86. The first kappa shape index (κ1) is 15.0. The van der Waals surface area contributed by atoms with Crippen molar-refractivity contribution in [2.75, 3.05) is 20.6 Å². The fourth-order valence-corrected chi connectivity index (χ4v) is 4.52. The maximum atomic E-state index is 3.58. The average Bonchev–Trinajstić information content (AvgIpc) is 2.80. The first-order chi connectivity index (χ1) is 9.03. The quantitative estimate of drug-likeness (QED) is 0.886. The van der Waals surface area contributed by atoms with Crippen LogP contribution in [0, 0.1) is 11.3 Å². The molecular formula is C16H28N2S. The largest absolute Gasteiger partial charge is 0.316 e. The highest BCUT2D eigenvalue weighted by Gasteiger charge is 2.38. The molecule has 1 aromatic heterocycles. The van der Waals surface area contributed by atoms with E-state index in [0.717, 1.165) is 12.5 Å². The zero-order valence-corrected chi connectivity index (χ0v) is 13.6. The molecule has 1 fully saturated rings. The van der Waals surface area contributed by atoms with Crippen LogP contribution in [-0.2, 0) is 6.54 Å². The topological polar surface area (TPSA) is 15.3 Å². The van der Waals surface area contributed by atoms with Crippen molar-refractivity contribution in [3.05, 3.63) is 22.4 Å². The van der Waals surface area contributed by atoms with E-state index in [1.807, 2.05) is 11.3 Å². The van der Waals surface area contributed by atoms with Gasteiger partial charge in [0.1, 0.15) is 0 Å². The van der Waals surface area contributed by atoms with E-state index in [1.54, 1.807) is 0 Å². The van der Waals surface area contributed by atoms with Crippen molar-refractivity contribution in [2.45, 2.75) is 45.7 Å². The Morgan fingerprint density at radius 3 is 2.89 bits per heavy atom. The molecule has 2 nitrogen and oxygen atoms in total. The number of hydrogen-bond acceptors (Lipinski definition) is 3. The molecule has 108 valence electrons. The van der Waals surface area contributed by atoms with Crippen molar-refractivity contribution in [2.24, 2.45) is 11.3 Å². The third-order valence-corrected chi connectivity index (χ3v) is 5.43. The lowest BCUT2D eigenvalue weighted by Gasteiger charge is -2.45. The highest BCUT2D eigenvalue weighted by molar-refractivity contribution is 7.09. The van der Waals surface area contributed by atoms with Crippen LogP contribution in [0.25, 0.3) is 0 Å². The van der Waals surface area contributed by atoms with Crippen LogP contribution in [0.4, 0.5) is 0 Å². The summed E-state index contributed by atoms with van der Waals surface area (Å²) in [6, 6.07) is 5.03. The maximum absolute atomic E-state index is 3.58. The fraction of sp³-hybridized carbons (Fsp3) is 0.750. The average molecular weight is 280 g/mol. The van der Waals surface area contributed by atoms with Crippen LogP contribution in [0.15, 0.2) is 17.5 Å². The highest BCUT2D eigenvalue weighted by atomic mass is 32.1. The van der Waals surface area contributed by atoms with Gasteiger partial charge in [0.25, 0.3) is 0 Å². The van der Waals surface area contributed by atoms with Crippen molar-refractivity contribution in [3.8, 4) is 0 Å². The predicted molar refractivity (Wildman–Crippen MR) is 84.6 cm³/mol. The van der Waals surface area contributed by atoms with E-state index in [2.05, 4.69) is 55.7 Å². The normalized spacial score (nSPS) is 26.8. The number of nitrogens with one attached hydrogen (secondary N) is 1. The van der Waals surface area contributed by atoms with Gasteiger partial charge in [-0.15, -0.1) is 11.3 Å². The summed E-state index contributed by atoms with van der Waals surface area (Å²) in [5.74, 6) is 0.777. The Morgan fingerprint density at radius 1 is 1.47 bits per heavy atom. The van der Waals surface area contributed by atoms with Gasteiger partial charge in [-0.3, -0.25) is 0 Å². The monoisotopic (exact) mass is 280 g/mol. The van der Waals surface area contributed by atoms with Crippen LogP contribution in [0.1, 0.15) is 38.0 Å². The molecule has 2 rings (SSSR count). The van der Waals surface area contributed by atoms with E-state index in [-0.39, 0.29) is 0 Å². The van der Waals surface area contributed by atoms with Gasteiger partial charge in [-0.05, 0) is 49.7 Å². The van der Waals surface area contributed by atoms with E-state index < -0.39 is 0 Å². The van der Waals surface area contributed by atoms with E-state index in [1.165, 1.54) is 30.7 Å². The Hall–Kier alpha value is -0.380. The van der Waals surface area contributed by atoms with Crippen LogP contribution in [0.3, 0.4) is 0 Å². The Kier molecular flexibility index (Phi) is 5.04. The third-order valence-electron chi connectivity index (χ3n) is 4.57. The molecule has 3 heteroatoms. The van der Waals surface area contributed by atoms with Gasteiger partial charge in [0, 0.05) is 24.0 Å². The number of rotatable bonds is 5. The standard InChI is InChI=1S/C16H28N2S/c1-16(2)9-5-7-13(15(16)17-3)11-18(4)12-14-8-6-10-19-14/h6,8,10,13,15,17H,5,7,9,11-12H2,1-4H3. The van der Waals surface area contributed by atoms with Gasteiger partial charge < -0.3 is 10.2 Å². The summed E-state index contributed by atoms with van der Waals surface area (Å²) in [6.07, 6.45) is 4.09. The molecule has 1 N–H and O–H groups in total. The van der Waals surface area contributed by atoms with Crippen molar-refractivity contribution in [3.63, 3.8) is 0 Å². The van der Waals surface area contributed by atoms with Gasteiger partial charge in [-0.2, -0.15) is 0 Å². The molecule has 0 spiro atoms. The molecule has 1 heterocycles. The Bertz CT molecular complexity index is 372. The first-order valence-corrected chi connectivity index (χ1v) is 8.29. The Labute approximate surface area is 122 Å². The highest BCUT2D eigenvalue weighted by Crippen LogP contribution is 2.39. The van der Waals surface area contributed by atoms with Gasteiger partial charge in [0.05, 0.1) is 0 Å². The molecule has 0 aliphatic heterocycles. The molecule has 0 bridgehead atoms. The maximum Gasteiger partial charge on any atom is 0.0324 e. The van der Waals surface area contributed by atoms with Crippen LogP contribution >= 0.6 is 11.3 Å². The lowest BCUT2D eigenvalue weighted by molar-refractivity contribution is 0.0891. The Morgan fingerprint density at radius 2 is 2.26 bits per heavy atom. The van der Waals surface area contributed by atoms with Gasteiger partial charge >= 0.3 is 0 Å². The van der Waals surface area contributed by atoms with Crippen molar-refractivity contribution in [1.29, 1.82) is 0 Å². The van der Waals surface area contributed by atoms with Gasteiger partial charge in [0.2, 0.25) is 0 Å². The minimum Gasteiger partial charge on any atom is -0.316 e. The van der Waals surface area contributed by atoms with E-state index in [0.29, 0.717) is 11.5 Å². The first-order valence-electron chi connectivity index (χ1n) is 7.41. The molecule has 0 saturated heterocycles.